The van der Waals surface area contributed by atoms with Crippen molar-refractivity contribution < 1.29 is 18.1 Å². The molecule has 4 rings (SSSR count). The third-order valence-corrected chi connectivity index (χ3v) is 4.24. The molecule has 138 valence electrons. The van der Waals surface area contributed by atoms with Gasteiger partial charge in [0.25, 0.3) is 0 Å². The van der Waals surface area contributed by atoms with Gasteiger partial charge in [-0.3, -0.25) is 14.7 Å². The summed E-state index contributed by atoms with van der Waals surface area (Å²) in [4.78, 5) is 22.3. The second kappa shape index (κ2) is 7.20. The van der Waals surface area contributed by atoms with Crippen LogP contribution in [0.5, 0.6) is 0 Å². The molecular weight excluding hydrogens is 356 g/mol. The van der Waals surface area contributed by atoms with Crippen molar-refractivity contribution in [3.05, 3.63) is 60.3 Å². The lowest BCUT2D eigenvalue weighted by Gasteiger charge is -2.36. The predicted octanol–water partition coefficient (Wildman–Crippen LogP) is 2.45. The highest BCUT2D eigenvalue weighted by Crippen LogP contribution is 2.27. The summed E-state index contributed by atoms with van der Waals surface area (Å²) in [6.07, 6.45) is 3.32. The lowest BCUT2D eigenvalue weighted by Crippen LogP contribution is -2.48. The van der Waals surface area contributed by atoms with Crippen LogP contribution in [0.15, 0.2) is 47.2 Å². The van der Waals surface area contributed by atoms with Gasteiger partial charge in [-0.2, -0.15) is 4.98 Å². The molecule has 1 fully saturated rings. The van der Waals surface area contributed by atoms with Crippen LogP contribution in [0.3, 0.4) is 0 Å². The van der Waals surface area contributed by atoms with Gasteiger partial charge in [0.15, 0.2) is 0 Å². The average Bonchev–Trinajstić information content (AvgIpc) is 3.10. The highest BCUT2D eigenvalue weighted by molar-refractivity contribution is 5.92. The van der Waals surface area contributed by atoms with Crippen LogP contribution in [0.25, 0.3) is 11.4 Å². The Labute approximate surface area is 153 Å². The number of hydrogen-bond acceptors (Lipinski definition) is 6. The number of hydrogen-bond donors (Lipinski definition) is 1. The van der Waals surface area contributed by atoms with E-state index in [9.17, 15) is 13.6 Å². The highest BCUT2D eigenvalue weighted by atomic mass is 19.1. The van der Waals surface area contributed by atoms with E-state index in [0.717, 1.165) is 17.7 Å². The van der Waals surface area contributed by atoms with Crippen molar-refractivity contribution in [2.75, 3.05) is 25.0 Å². The Morgan fingerprint density at radius 1 is 1.30 bits per heavy atom. The Bertz CT molecular complexity index is 957. The first kappa shape index (κ1) is 17.2. The third-order valence-electron chi connectivity index (χ3n) is 4.24. The van der Waals surface area contributed by atoms with Gasteiger partial charge in [-0.05, 0) is 24.3 Å². The topological polar surface area (TPSA) is 84.2 Å². The van der Waals surface area contributed by atoms with Crippen molar-refractivity contribution in [3.8, 4) is 11.4 Å². The van der Waals surface area contributed by atoms with Crippen LogP contribution in [-0.4, -0.2) is 45.6 Å². The van der Waals surface area contributed by atoms with Gasteiger partial charge in [-0.15, -0.1) is 0 Å². The minimum atomic E-state index is -0.807. The minimum absolute atomic E-state index is 0.0401. The number of carbonyl (C=O) groups excluding carboxylic acids is 1. The quantitative estimate of drug-likeness (QED) is 0.742. The summed E-state index contributed by atoms with van der Waals surface area (Å²) in [6, 6.07) is 6.64. The molecule has 2 aromatic heterocycles. The van der Waals surface area contributed by atoms with E-state index in [0.29, 0.717) is 24.8 Å². The second-order valence-corrected chi connectivity index (χ2v) is 6.26. The van der Waals surface area contributed by atoms with E-state index in [1.807, 2.05) is 11.0 Å². The van der Waals surface area contributed by atoms with Crippen LogP contribution in [0.1, 0.15) is 11.8 Å². The number of nitrogens with zero attached hydrogens (tertiary/aromatic N) is 4. The Balaban J connectivity index is 1.30. The van der Waals surface area contributed by atoms with Crippen LogP contribution < -0.4 is 5.32 Å². The first-order valence-corrected chi connectivity index (χ1v) is 8.30. The number of nitrogens with one attached hydrogen (secondary N) is 1. The van der Waals surface area contributed by atoms with Crippen molar-refractivity contribution in [2.45, 2.75) is 5.92 Å². The van der Waals surface area contributed by atoms with E-state index in [1.54, 1.807) is 18.5 Å². The largest absolute Gasteiger partial charge is 0.339 e. The lowest BCUT2D eigenvalue weighted by molar-refractivity contribution is -0.118. The standard InChI is InChI=1S/C18H15F2N5O2/c19-13-3-4-15(14(20)6-13)22-16(26)10-25-8-12(9-25)18-23-17(24-27-18)11-2-1-5-21-7-11/h1-7,12H,8-10H2,(H,22,26). The molecule has 1 aromatic carbocycles. The minimum Gasteiger partial charge on any atom is -0.339 e. The molecule has 9 heteroatoms. The van der Waals surface area contributed by atoms with Crippen LogP contribution in [-0.2, 0) is 4.79 Å². The molecule has 1 saturated heterocycles. The Hall–Kier alpha value is -3.20. The first-order valence-electron chi connectivity index (χ1n) is 8.30. The smallest absolute Gasteiger partial charge is 0.238 e. The number of amides is 1. The van der Waals surface area contributed by atoms with Crippen molar-refractivity contribution in [3.63, 3.8) is 0 Å². The van der Waals surface area contributed by atoms with Gasteiger partial charge in [-0.25, -0.2) is 8.78 Å². The zero-order valence-electron chi connectivity index (χ0n) is 14.1. The molecule has 0 spiro atoms. The van der Waals surface area contributed by atoms with E-state index in [1.165, 1.54) is 6.07 Å². The molecule has 7 nitrogen and oxygen atoms in total. The van der Waals surface area contributed by atoms with Crippen LogP contribution >= 0.6 is 0 Å². The normalized spacial score (nSPS) is 14.7. The number of likely N-dealkylation sites (tertiary alicyclic amines) is 1. The summed E-state index contributed by atoms with van der Waals surface area (Å²) in [5, 5.41) is 6.39. The second-order valence-electron chi connectivity index (χ2n) is 6.26. The maximum absolute atomic E-state index is 13.6. The fourth-order valence-corrected chi connectivity index (χ4v) is 2.85. The summed E-state index contributed by atoms with van der Waals surface area (Å²) in [5.41, 5.74) is 0.723. The molecule has 3 heterocycles. The molecule has 0 bridgehead atoms. The zero-order valence-corrected chi connectivity index (χ0v) is 14.1. The van der Waals surface area contributed by atoms with E-state index >= 15 is 0 Å². The number of rotatable bonds is 5. The number of carbonyl (C=O) groups is 1. The van der Waals surface area contributed by atoms with Gasteiger partial charge in [0.1, 0.15) is 11.6 Å². The van der Waals surface area contributed by atoms with Crippen molar-refractivity contribution in [1.29, 1.82) is 0 Å². The molecule has 0 radical (unpaired) electrons. The third kappa shape index (κ3) is 3.82. The molecule has 1 aliphatic rings. The van der Waals surface area contributed by atoms with Gasteiger partial charge in [-0.1, -0.05) is 5.16 Å². The van der Waals surface area contributed by atoms with Crippen LogP contribution in [0.2, 0.25) is 0 Å². The molecule has 1 amide bonds. The molecule has 0 aliphatic carbocycles. The molecule has 27 heavy (non-hydrogen) atoms. The van der Waals surface area contributed by atoms with Crippen molar-refractivity contribution >= 4 is 11.6 Å². The van der Waals surface area contributed by atoms with Crippen molar-refractivity contribution in [1.82, 2.24) is 20.0 Å². The SMILES string of the molecule is O=C(CN1CC(c2nc(-c3cccnc3)no2)C1)Nc1ccc(F)cc1F. The van der Waals surface area contributed by atoms with Gasteiger partial charge in [0.05, 0.1) is 18.2 Å². The van der Waals surface area contributed by atoms with Gasteiger partial charge in [0.2, 0.25) is 17.6 Å². The van der Waals surface area contributed by atoms with E-state index < -0.39 is 11.6 Å². The molecule has 1 N–H and O–H groups in total. The van der Waals surface area contributed by atoms with E-state index in [4.69, 9.17) is 4.52 Å². The molecular formula is C18H15F2N5O2. The molecule has 0 atom stereocenters. The highest BCUT2D eigenvalue weighted by Gasteiger charge is 2.33. The fourth-order valence-electron chi connectivity index (χ4n) is 2.85. The summed E-state index contributed by atoms with van der Waals surface area (Å²) >= 11 is 0. The lowest BCUT2D eigenvalue weighted by atomic mass is 10.0. The number of aromatic nitrogens is 3. The molecule has 0 unspecified atom stereocenters. The summed E-state index contributed by atoms with van der Waals surface area (Å²) in [6.45, 7) is 1.25. The number of halogens is 2. The predicted molar refractivity (Wildman–Crippen MR) is 91.7 cm³/mol. The zero-order chi connectivity index (χ0) is 18.8. The van der Waals surface area contributed by atoms with Gasteiger partial charge >= 0.3 is 0 Å². The molecule has 1 aliphatic heterocycles. The van der Waals surface area contributed by atoms with Crippen LogP contribution in [0, 0.1) is 11.6 Å². The van der Waals surface area contributed by atoms with Gasteiger partial charge in [0, 0.05) is 37.1 Å². The Morgan fingerprint density at radius 3 is 2.89 bits per heavy atom. The maximum Gasteiger partial charge on any atom is 0.238 e. The maximum atomic E-state index is 13.6. The Morgan fingerprint density at radius 2 is 2.15 bits per heavy atom. The van der Waals surface area contributed by atoms with E-state index in [2.05, 4.69) is 20.4 Å². The number of benzene rings is 1. The van der Waals surface area contributed by atoms with Crippen LogP contribution in [0.4, 0.5) is 14.5 Å². The molecule has 0 saturated carbocycles. The summed E-state index contributed by atoms with van der Waals surface area (Å²) < 4.78 is 31.8. The first-order chi connectivity index (χ1) is 13.1. The fraction of sp³-hybridized carbons (Fsp3) is 0.222. The van der Waals surface area contributed by atoms with Crippen molar-refractivity contribution in [2.24, 2.45) is 0 Å². The average molecular weight is 371 g/mol. The summed E-state index contributed by atoms with van der Waals surface area (Å²) in [7, 11) is 0. The number of pyridine rings is 1. The Kier molecular flexibility index (Phi) is 4.59. The molecule has 3 aromatic rings. The van der Waals surface area contributed by atoms with Gasteiger partial charge < -0.3 is 9.84 Å². The summed E-state index contributed by atoms with van der Waals surface area (Å²) in [5.74, 6) is -0.852. The number of anilines is 1. The monoisotopic (exact) mass is 371 g/mol. The van der Waals surface area contributed by atoms with E-state index in [-0.39, 0.29) is 24.1 Å².